The molecule has 2 aromatic heterocycles. The summed E-state index contributed by atoms with van der Waals surface area (Å²) in [5.74, 6) is 0.895. The standard InChI is InChI=1S/C31H30N3O/c1-5-35-27-16-13-25(14-17-27)33(3)24-10-7-23(8-11-24)9-12-26-15-19-29-28-18-6-22(2)32-30(28)20-21-31(29)34(26)4/h6-21H,5H2,1-4H3/q+1. The Bertz CT molecular complexity index is 1520. The molecule has 0 saturated carbocycles. The van der Waals surface area contributed by atoms with E-state index in [1.54, 1.807) is 0 Å². The quantitative estimate of drug-likeness (QED) is 0.205. The number of anilines is 2. The molecule has 0 aliphatic rings. The molecule has 5 aromatic rings. The lowest BCUT2D eigenvalue weighted by molar-refractivity contribution is -0.646. The van der Waals surface area contributed by atoms with E-state index >= 15 is 0 Å². The average Bonchev–Trinajstić information content (AvgIpc) is 2.88. The fourth-order valence-corrected chi connectivity index (χ4v) is 4.44. The van der Waals surface area contributed by atoms with Crippen molar-refractivity contribution in [2.45, 2.75) is 13.8 Å². The van der Waals surface area contributed by atoms with Crippen LogP contribution in [0.25, 0.3) is 34.0 Å². The Morgan fingerprint density at radius 3 is 2.20 bits per heavy atom. The summed E-state index contributed by atoms with van der Waals surface area (Å²) in [5.41, 5.74) is 7.84. The third kappa shape index (κ3) is 4.60. The van der Waals surface area contributed by atoms with Gasteiger partial charge in [-0.05, 0) is 80.1 Å². The molecule has 0 bridgehead atoms. The van der Waals surface area contributed by atoms with E-state index < -0.39 is 0 Å². The zero-order chi connectivity index (χ0) is 24.4. The second-order valence-corrected chi connectivity index (χ2v) is 8.75. The summed E-state index contributed by atoms with van der Waals surface area (Å²) < 4.78 is 7.79. The SMILES string of the molecule is CCOc1ccc(N(C)c2ccc(/C=C/c3ccc4c5ccc(C)nc5ccc4[n+]3C)cc2)cc1. The van der Waals surface area contributed by atoms with Gasteiger partial charge in [0.15, 0.2) is 0 Å². The maximum atomic E-state index is 5.55. The van der Waals surface area contributed by atoms with Crippen molar-refractivity contribution >= 4 is 45.3 Å². The van der Waals surface area contributed by atoms with Gasteiger partial charge in [0.1, 0.15) is 12.8 Å². The smallest absolute Gasteiger partial charge is 0.213 e. The number of nitrogens with zero attached hydrogens (tertiary/aromatic N) is 3. The molecule has 35 heavy (non-hydrogen) atoms. The largest absolute Gasteiger partial charge is 0.494 e. The van der Waals surface area contributed by atoms with Crippen molar-refractivity contribution in [3.05, 3.63) is 102 Å². The highest BCUT2D eigenvalue weighted by Crippen LogP contribution is 2.27. The van der Waals surface area contributed by atoms with E-state index in [9.17, 15) is 0 Å². The van der Waals surface area contributed by atoms with Crippen LogP contribution in [0.4, 0.5) is 11.4 Å². The Labute approximate surface area is 206 Å². The summed E-state index contributed by atoms with van der Waals surface area (Å²) in [5, 5.41) is 2.41. The van der Waals surface area contributed by atoms with Crippen LogP contribution < -0.4 is 14.2 Å². The predicted octanol–water partition coefficient (Wildman–Crippen LogP) is 6.86. The van der Waals surface area contributed by atoms with Crippen LogP contribution in [0.5, 0.6) is 5.75 Å². The summed E-state index contributed by atoms with van der Waals surface area (Å²) in [6.07, 6.45) is 4.33. The molecular formula is C31H30N3O+. The lowest BCUT2D eigenvalue weighted by atomic mass is 10.1. The fraction of sp³-hybridized carbons (Fsp3) is 0.161. The molecule has 2 heterocycles. The van der Waals surface area contributed by atoms with Gasteiger partial charge in [0.05, 0.1) is 17.5 Å². The van der Waals surface area contributed by atoms with Crippen LogP contribution in [0.15, 0.2) is 84.9 Å². The van der Waals surface area contributed by atoms with Crippen LogP contribution in [0.3, 0.4) is 0 Å². The van der Waals surface area contributed by atoms with Crippen molar-refractivity contribution in [1.29, 1.82) is 0 Å². The van der Waals surface area contributed by atoms with Crippen molar-refractivity contribution in [2.24, 2.45) is 7.05 Å². The highest BCUT2D eigenvalue weighted by Gasteiger charge is 2.12. The molecule has 4 heteroatoms. The number of aryl methyl sites for hydroxylation is 2. The maximum Gasteiger partial charge on any atom is 0.213 e. The van der Waals surface area contributed by atoms with E-state index in [1.165, 1.54) is 16.3 Å². The van der Waals surface area contributed by atoms with E-state index in [-0.39, 0.29) is 0 Å². The number of pyridine rings is 2. The van der Waals surface area contributed by atoms with Crippen molar-refractivity contribution in [3.8, 4) is 5.75 Å². The minimum Gasteiger partial charge on any atom is -0.494 e. The molecule has 0 unspecified atom stereocenters. The van der Waals surface area contributed by atoms with Crippen LogP contribution >= 0.6 is 0 Å². The maximum absolute atomic E-state index is 5.55. The lowest BCUT2D eigenvalue weighted by Crippen LogP contribution is -2.32. The second kappa shape index (κ2) is 9.59. The number of hydrogen-bond acceptors (Lipinski definition) is 3. The van der Waals surface area contributed by atoms with Gasteiger partial charge in [0.2, 0.25) is 11.2 Å². The van der Waals surface area contributed by atoms with Crippen LogP contribution in [-0.2, 0) is 7.05 Å². The summed E-state index contributed by atoms with van der Waals surface area (Å²) in [4.78, 5) is 6.85. The first kappa shape index (κ1) is 22.6. The zero-order valence-corrected chi connectivity index (χ0v) is 20.7. The van der Waals surface area contributed by atoms with E-state index in [4.69, 9.17) is 4.74 Å². The second-order valence-electron chi connectivity index (χ2n) is 8.75. The molecule has 0 aliphatic carbocycles. The first-order valence-electron chi connectivity index (χ1n) is 12.0. The van der Waals surface area contributed by atoms with Gasteiger partial charge in [0.25, 0.3) is 0 Å². The predicted molar refractivity (Wildman–Crippen MR) is 146 cm³/mol. The Morgan fingerprint density at radius 1 is 0.800 bits per heavy atom. The van der Waals surface area contributed by atoms with Crippen LogP contribution in [0.2, 0.25) is 0 Å². The van der Waals surface area contributed by atoms with Crippen LogP contribution in [0, 0.1) is 6.92 Å². The van der Waals surface area contributed by atoms with Gasteiger partial charge in [-0.15, -0.1) is 0 Å². The Morgan fingerprint density at radius 2 is 1.49 bits per heavy atom. The average molecular weight is 461 g/mol. The molecule has 0 aliphatic heterocycles. The minimum absolute atomic E-state index is 0.676. The third-order valence-corrected chi connectivity index (χ3v) is 6.46. The first-order chi connectivity index (χ1) is 17.0. The van der Waals surface area contributed by atoms with Gasteiger partial charge in [-0.1, -0.05) is 18.2 Å². The summed E-state index contributed by atoms with van der Waals surface area (Å²) >= 11 is 0. The Kier molecular flexibility index (Phi) is 6.19. The Balaban J connectivity index is 1.36. The summed E-state index contributed by atoms with van der Waals surface area (Å²) in [7, 11) is 4.19. The molecular weight excluding hydrogens is 430 g/mol. The highest BCUT2D eigenvalue weighted by atomic mass is 16.5. The molecule has 0 spiro atoms. The normalized spacial score (nSPS) is 11.4. The lowest BCUT2D eigenvalue weighted by Gasteiger charge is -2.20. The van der Waals surface area contributed by atoms with Gasteiger partial charge in [-0.3, -0.25) is 4.98 Å². The molecule has 3 aromatic carbocycles. The van der Waals surface area contributed by atoms with E-state index in [0.29, 0.717) is 6.61 Å². The molecule has 0 saturated heterocycles. The molecule has 0 atom stereocenters. The highest BCUT2D eigenvalue weighted by molar-refractivity contribution is 6.03. The molecule has 174 valence electrons. The first-order valence-corrected chi connectivity index (χ1v) is 12.0. The topological polar surface area (TPSA) is 29.2 Å². The number of fused-ring (bicyclic) bond motifs is 3. The monoisotopic (exact) mass is 460 g/mol. The molecule has 5 rings (SSSR count). The number of benzene rings is 3. The number of aromatic nitrogens is 2. The van der Waals surface area contributed by atoms with E-state index in [1.807, 2.05) is 26.0 Å². The van der Waals surface area contributed by atoms with Gasteiger partial charge >= 0.3 is 0 Å². The van der Waals surface area contributed by atoms with Crippen molar-refractivity contribution in [3.63, 3.8) is 0 Å². The number of hydrogen-bond donors (Lipinski definition) is 0. The summed E-state index contributed by atoms with van der Waals surface area (Å²) in [6, 6.07) is 29.7. The fourth-order valence-electron chi connectivity index (χ4n) is 4.44. The van der Waals surface area contributed by atoms with Gasteiger partial charge in [0, 0.05) is 47.7 Å². The molecule has 0 amide bonds. The molecule has 4 nitrogen and oxygen atoms in total. The Hall–Kier alpha value is -4.18. The van der Waals surface area contributed by atoms with Gasteiger partial charge < -0.3 is 9.64 Å². The van der Waals surface area contributed by atoms with Gasteiger partial charge in [-0.2, -0.15) is 4.57 Å². The third-order valence-electron chi connectivity index (χ3n) is 6.46. The molecule has 0 fully saturated rings. The molecule has 0 N–H and O–H groups in total. The van der Waals surface area contributed by atoms with Crippen LogP contribution in [0.1, 0.15) is 23.9 Å². The zero-order valence-electron chi connectivity index (χ0n) is 20.7. The van der Waals surface area contributed by atoms with Gasteiger partial charge in [-0.25, -0.2) is 0 Å². The summed E-state index contributed by atoms with van der Waals surface area (Å²) in [6.45, 7) is 4.70. The van der Waals surface area contributed by atoms with E-state index in [0.717, 1.165) is 39.6 Å². The van der Waals surface area contributed by atoms with E-state index in [2.05, 4.69) is 113 Å². The van der Waals surface area contributed by atoms with Crippen molar-refractivity contribution in [1.82, 2.24) is 4.98 Å². The number of rotatable bonds is 6. The number of ether oxygens (including phenoxy) is 1. The molecule has 0 radical (unpaired) electrons. The van der Waals surface area contributed by atoms with Crippen LogP contribution in [-0.4, -0.2) is 18.6 Å². The van der Waals surface area contributed by atoms with Crippen molar-refractivity contribution in [2.75, 3.05) is 18.6 Å². The minimum atomic E-state index is 0.676. The van der Waals surface area contributed by atoms with Crippen molar-refractivity contribution < 1.29 is 9.30 Å².